The second kappa shape index (κ2) is 8.43. The zero-order chi connectivity index (χ0) is 18.4. The molecule has 1 aliphatic rings. The van der Waals surface area contributed by atoms with E-state index in [0.29, 0.717) is 24.7 Å². The lowest BCUT2D eigenvalue weighted by molar-refractivity contribution is 0.0237. The quantitative estimate of drug-likeness (QED) is 0.755. The van der Waals surface area contributed by atoms with Crippen LogP contribution in [0.4, 0.5) is 5.82 Å². The molecule has 1 amide bonds. The fourth-order valence-corrected chi connectivity index (χ4v) is 2.48. The number of esters is 1. The highest BCUT2D eigenvalue weighted by Crippen LogP contribution is 2.17. The molecule has 0 radical (unpaired) electrons. The maximum absolute atomic E-state index is 12.3. The molecule has 138 valence electrons. The molecule has 0 aromatic carbocycles. The monoisotopic (exact) mass is 360 g/mol. The largest absolute Gasteiger partial charge is 0.474 e. The van der Waals surface area contributed by atoms with Crippen molar-refractivity contribution in [3.05, 3.63) is 35.7 Å². The first kappa shape index (κ1) is 17.9. The van der Waals surface area contributed by atoms with Crippen LogP contribution in [-0.2, 0) is 9.47 Å². The molecule has 0 atom stereocenters. The van der Waals surface area contributed by atoms with Gasteiger partial charge in [0.1, 0.15) is 17.5 Å². The lowest BCUT2D eigenvalue weighted by atomic mass is 10.1. The van der Waals surface area contributed by atoms with Crippen molar-refractivity contribution in [2.75, 3.05) is 25.1 Å². The van der Waals surface area contributed by atoms with E-state index in [2.05, 4.69) is 20.5 Å². The molecular formula is C17H20N4O5. The number of rotatable bonds is 6. The van der Waals surface area contributed by atoms with Crippen molar-refractivity contribution >= 4 is 17.7 Å². The number of pyridine rings is 1. The molecule has 0 unspecified atom stereocenters. The number of hydrogen-bond acceptors (Lipinski definition) is 7. The van der Waals surface area contributed by atoms with Gasteiger partial charge in [-0.2, -0.15) is 5.10 Å². The van der Waals surface area contributed by atoms with Crippen molar-refractivity contribution in [3.8, 4) is 5.88 Å². The molecule has 2 N–H and O–H groups in total. The molecular weight excluding hydrogens is 340 g/mol. The van der Waals surface area contributed by atoms with Crippen LogP contribution in [0.2, 0.25) is 0 Å². The Hall–Kier alpha value is -2.94. The first-order valence-corrected chi connectivity index (χ1v) is 8.39. The van der Waals surface area contributed by atoms with Crippen LogP contribution < -0.4 is 10.1 Å². The summed E-state index contributed by atoms with van der Waals surface area (Å²) in [4.78, 5) is 28.3. The van der Waals surface area contributed by atoms with E-state index in [1.807, 2.05) is 0 Å². The topological polar surface area (TPSA) is 115 Å². The summed E-state index contributed by atoms with van der Waals surface area (Å²) in [5.41, 5.74) is 0.487. The summed E-state index contributed by atoms with van der Waals surface area (Å²) in [6.07, 6.45) is 4.44. The number of aromatic amines is 1. The zero-order valence-electron chi connectivity index (χ0n) is 14.4. The molecule has 0 bridgehead atoms. The standard InChI is InChI=1S/C17H20N4O5/c1-2-25-17(23)13-10-19-21-15(13)20-16(22)11-3-4-14(18-9-11)26-12-5-7-24-8-6-12/h3-4,9-10,12H,2,5-8H2,1H3,(H2,19,20,21,22). The van der Waals surface area contributed by atoms with Crippen LogP contribution in [0, 0.1) is 0 Å². The summed E-state index contributed by atoms with van der Waals surface area (Å²) in [5.74, 6) is -0.349. The van der Waals surface area contributed by atoms with Gasteiger partial charge in [-0.1, -0.05) is 0 Å². The first-order valence-electron chi connectivity index (χ1n) is 8.39. The van der Waals surface area contributed by atoms with Crippen LogP contribution in [0.3, 0.4) is 0 Å². The predicted molar refractivity (Wildman–Crippen MR) is 91.2 cm³/mol. The van der Waals surface area contributed by atoms with Gasteiger partial charge in [-0.05, 0) is 13.0 Å². The number of ether oxygens (including phenoxy) is 3. The van der Waals surface area contributed by atoms with Crippen LogP contribution in [-0.4, -0.2) is 53.0 Å². The minimum absolute atomic E-state index is 0.0769. The van der Waals surface area contributed by atoms with E-state index in [1.54, 1.807) is 19.1 Å². The van der Waals surface area contributed by atoms with Gasteiger partial charge in [0.05, 0.1) is 31.6 Å². The van der Waals surface area contributed by atoms with Crippen molar-refractivity contribution in [3.63, 3.8) is 0 Å². The van der Waals surface area contributed by atoms with Crippen LogP contribution in [0.1, 0.15) is 40.5 Å². The van der Waals surface area contributed by atoms with Gasteiger partial charge in [-0.3, -0.25) is 9.89 Å². The third kappa shape index (κ3) is 4.37. The van der Waals surface area contributed by atoms with E-state index >= 15 is 0 Å². The fourth-order valence-electron chi connectivity index (χ4n) is 2.48. The molecule has 2 aromatic rings. The highest BCUT2D eigenvalue weighted by molar-refractivity contribution is 6.06. The number of carbonyl (C=O) groups excluding carboxylic acids is 2. The third-order valence-corrected chi connectivity index (χ3v) is 3.83. The Labute approximate surface area is 150 Å². The van der Waals surface area contributed by atoms with Gasteiger partial charge in [0, 0.05) is 25.1 Å². The smallest absolute Gasteiger partial charge is 0.343 e. The van der Waals surface area contributed by atoms with Crippen molar-refractivity contribution in [1.29, 1.82) is 0 Å². The second-order valence-corrected chi connectivity index (χ2v) is 5.65. The average molecular weight is 360 g/mol. The first-order chi connectivity index (χ1) is 12.7. The summed E-state index contributed by atoms with van der Waals surface area (Å²) >= 11 is 0. The maximum Gasteiger partial charge on any atom is 0.343 e. The predicted octanol–water partition coefficient (Wildman–Crippen LogP) is 1.79. The third-order valence-electron chi connectivity index (χ3n) is 3.83. The van der Waals surface area contributed by atoms with Crippen molar-refractivity contribution in [2.24, 2.45) is 0 Å². The summed E-state index contributed by atoms with van der Waals surface area (Å²) < 4.78 is 16.0. The molecule has 3 heterocycles. The number of hydrogen-bond donors (Lipinski definition) is 2. The normalized spacial score (nSPS) is 14.7. The molecule has 0 saturated carbocycles. The molecule has 0 spiro atoms. The number of amides is 1. The molecule has 1 saturated heterocycles. The lowest BCUT2D eigenvalue weighted by Crippen LogP contribution is -2.26. The van der Waals surface area contributed by atoms with Gasteiger partial charge in [-0.25, -0.2) is 9.78 Å². The number of nitrogens with zero attached hydrogens (tertiary/aromatic N) is 2. The van der Waals surface area contributed by atoms with Gasteiger partial charge >= 0.3 is 5.97 Å². The highest BCUT2D eigenvalue weighted by Gasteiger charge is 2.19. The Morgan fingerprint density at radius 3 is 2.81 bits per heavy atom. The SMILES string of the molecule is CCOC(=O)c1cn[nH]c1NC(=O)c1ccc(OC2CCOCC2)nc1. The number of anilines is 1. The highest BCUT2D eigenvalue weighted by atomic mass is 16.5. The molecule has 9 nitrogen and oxygen atoms in total. The van der Waals surface area contributed by atoms with Gasteiger partial charge in [0.25, 0.3) is 5.91 Å². The molecule has 0 aliphatic carbocycles. The van der Waals surface area contributed by atoms with E-state index in [4.69, 9.17) is 14.2 Å². The summed E-state index contributed by atoms with van der Waals surface area (Å²) in [5, 5.41) is 8.93. The van der Waals surface area contributed by atoms with Crippen molar-refractivity contribution in [2.45, 2.75) is 25.9 Å². The number of H-pyrrole nitrogens is 1. The van der Waals surface area contributed by atoms with Crippen molar-refractivity contribution in [1.82, 2.24) is 15.2 Å². The molecule has 9 heteroatoms. The van der Waals surface area contributed by atoms with Crippen LogP contribution in [0.5, 0.6) is 5.88 Å². The lowest BCUT2D eigenvalue weighted by Gasteiger charge is -2.22. The van der Waals surface area contributed by atoms with Crippen LogP contribution in [0.25, 0.3) is 0 Å². The van der Waals surface area contributed by atoms with Gasteiger partial charge in [0.15, 0.2) is 0 Å². The minimum Gasteiger partial charge on any atom is -0.474 e. The Balaban J connectivity index is 1.61. The van der Waals surface area contributed by atoms with E-state index < -0.39 is 11.9 Å². The van der Waals surface area contributed by atoms with Crippen molar-refractivity contribution < 1.29 is 23.8 Å². The number of nitrogens with one attached hydrogen (secondary N) is 2. The second-order valence-electron chi connectivity index (χ2n) is 5.65. The number of carbonyl (C=O) groups is 2. The molecule has 3 rings (SSSR count). The Morgan fingerprint density at radius 1 is 1.31 bits per heavy atom. The van der Waals surface area contributed by atoms with Gasteiger partial charge in [-0.15, -0.1) is 0 Å². The number of aromatic nitrogens is 3. The van der Waals surface area contributed by atoms with Crippen LogP contribution >= 0.6 is 0 Å². The molecule has 2 aromatic heterocycles. The Morgan fingerprint density at radius 2 is 2.12 bits per heavy atom. The van der Waals surface area contributed by atoms with Crippen LogP contribution in [0.15, 0.2) is 24.5 Å². The van der Waals surface area contributed by atoms with Gasteiger partial charge < -0.3 is 19.5 Å². The Bertz CT molecular complexity index is 753. The molecule has 26 heavy (non-hydrogen) atoms. The van der Waals surface area contributed by atoms with E-state index in [1.165, 1.54) is 12.4 Å². The van der Waals surface area contributed by atoms with E-state index in [-0.39, 0.29) is 24.1 Å². The van der Waals surface area contributed by atoms with Gasteiger partial charge in [0.2, 0.25) is 5.88 Å². The molecule has 1 fully saturated rings. The van der Waals surface area contributed by atoms with E-state index in [0.717, 1.165) is 12.8 Å². The maximum atomic E-state index is 12.3. The fraction of sp³-hybridized carbons (Fsp3) is 0.412. The zero-order valence-corrected chi connectivity index (χ0v) is 14.4. The summed E-state index contributed by atoms with van der Waals surface area (Å²) in [6, 6.07) is 3.25. The summed E-state index contributed by atoms with van der Waals surface area (Å²) in [6.45, 7) is 3.29. The van der Waals surface area contributed by atoms with E-state index in [9.17, 15) is 9.59 Å². The minimum atomic E-state index is -0.560. The Kier molecular flexibility index (Phi) is 5.80. The summed E-state index contributed by atoms with van der Waals surface area (Å²) in [7, 11) is 0. The average Bonchev–Trinajstić information content (AvgIpc) is 3.11. The molecule has 1 aliphatic heterocycles.